The summed E-state index contributed by atoms with van der Waals surface area (Å²) in [6, 6.07) is 5.71. The van der Waals surface area contributed by atoms with Crippen molar-refractivity contribution < 1.29 is 14.2 Å². The zero-order valence-corrected chi connectivity index (χ0v) is 9.74. The van der Waals surface area contributed by atoms with E-state index in [0.717, 1.165) is 17.1 Å². The SMILES string of the molecule is COc1cccc(OC)c1COC(C)C. The van der Waals surface area contributed by atoms with E-state index in [1.807, 2.05) is 32.0 Å². The topological polar surface area (TPSA) is 27.7 Å². The fraction of sp³-hybridized carbons (Fsp3) is 0.500. The van der Waals surface area contributed by atoms with Gasteiger partial charge < -0.3 is 14.2 Å². The standard InChI is InChI=1S/C12H18O3/c1-9(2)15-8-10-11(13-3)6-5-7-12(10)14-4/h5-7,9H,8H2,1-4H3. The molecular formula is C12H18O3. The van der Waals surface area contributed by atoms with Gasteiger partial charge in [-0.05, 0) is 26.0 Å². The summed E-state index contributed by atoms with van der Waals surface area (Å²) in [6.45, 7) is 4.51. The first-order valence-corrected chi connectivity index (χ1v) is 5.00. The lowest BCUT2D eigenvalue weighted by atomic mass is 10.2. The third kappa shape index (κ3) is 3.13. The highest BCUT2D eigenvalue weighted by molar-refractivity contribution is 5.44. The van der Waals surface area contributed by atoms with Gasteiger partial charge in [0.25, 0.3) is 0 Å². The van der Waals surface area contributed by atoms with E-state index in [1.54, 1.807) is 14.2 Å². The highest BCUT2D eigenvalue weighted by atomic mass is 16.5. The van der Waals surface area contributed by atoms with Crippen LogP contribution in [0.5, 0.6) is 11.5 Å². The van der Waals surface area contributed by atoms with Gasteiger partial charge in [-0.1, -0.05) is 6.07 Å². The molecule has 3 nitrogen and oxygen atoms in total. The Balaban J connectivity index is 2.89. The Morgan fingerprint density at radius 2 is 1.60 bits per heavy atom. The molecule has 15 heavy (non-hydrogen) atoms. The second-order valence-corrected chi connectivity index (χ2v) is 3.50. The molecule has 84 valence electrons. The summed E-state index contributed by atoms with van der Waals surface area (Å²) in [5.74, 6) is 1.60. The van der Waals surface area contributed by atoms with Gasteiger partial charge >= 0.3 is 0 Å². The minimum absolute atomic E-state index is 0.194. The summed E-state index contributed by atoms with van der Waals surface area (Å²) in [5, 5.41) is 0. The lowest BCUT2D eigenvalue weighted by Crippen LogP contribution is -2.05. The Kier molecular flexibility index (Phi) is 4.43. The highest BCUT2D eigenvalue weighted by Crippen LogP contribution is 2.28. The van der Waals surface area contributed by atoms with Gasteiger partial charge in [0.05, 0.1) is 32.5 Å². The highest BCUT2D eigenvalue weighted by Gasteiger charge is 2.10. The van der Waals surface area contributed by atoms with Crippen LogP contribution in [0.2, 0.25) is 0 Å². The normalized spacial score (nSPS) is 10.5. The van der Waals surface area contributed by atoms with E-state index in [9.17, 15) is 0 Å². The molecule has 0 bridgehead atoms. The molecule has 0 fully saturated rings. The average Bonchev–Trinajstić information content (AvgIpc) is 2.25. The molecule has 0 aromatic heterocycles. The van der Waals surface area contributed by atoms with Gasteiger partial charge in [0.1, 0.15) is 11.5 Å². The summed E-state index contributed by atoms with van der Waals surface area (Å²) in [5.41, 5.74) is 0.955. The van der Waals surface area contributed by atoms with Gasteiger partial charge in [-0.15, -0.1) is 0 Å². The molecule has 0 saturated heterocycles. The smallest absolute Gasteiger partial charge is 0.128 e. The van der Waals surface area contributed by atoms with Crippen molar-refractivity contribution in [3.63, 3.8) is 0 Å². The summed E-state index contributed by atoms with van der Waals surface area (Å²) in [7, 11) is 3.29. The Hall–Kier alpha value is -1.22. The van der Waals surface area contributed by atoms with Crippen molar-refractivity contribution in [1.29, 1.82) is 0 Å². The van der Waals surface area contributed by atoms with Crippen molar-refractivity contribution in [1.82, 2.24) is 0 Å². The molecule has 0 heterocycles. The number of hydrogen-bond donors (Lipinski definition) is 0. The molecule has 0 spiro atoms. The molecule has 0 aliphatic carbocycles. The quantitative estimate of drug-likeness (QED) is 0.747. The van der Waals surface area contributed by atoms with Crippen LogP contribution >= 0.6 is 0 Å². The maximum absolute atomic E-state index is 5.55. The monoisotopic (exact) mass is 210 g/mol. The minimum atomic E-state index is 0.194. The summed E-state index contributed by atoms with van der Waals surface area (Å²) in [6.07, 6.45) is 0.194. The van der Waals surface area contributed by atoms with Gasteiger partial charge in [-0.3, -0.25) is 0 Å². The summed E-state index contributed by atoms with van der Waals surface area (Å²) in [4.78, 5) is 0. The Labute approximate surface area is 91.0 Å². The largest absolute Gasteiger partial charge is 0.496 e. The van der Waals surface area contributed by atoms with Crippen molar-refractivity contribution in [2.75, 3.05) is 14.2 Å². The van der Waals surface area contributed by atoms with Crippen LogP contribution < -0.4 is 9.47 Å². The summed E-state index contributed by atoms with van der Waals surface area (Å²) >= 11 is 0. The first kappa shape index (κ1) is 11.9. The lowest BCUT2D eigenvalue weighted by molar-refractivity contribution is 0.0631. The molecule has 1 aromatic carbocycles. The molecule has 0 unspecified atom stereocenters. The van der Waals surface area contributed by atoms with Crippen molar-refractivity contribution in [3.8, 4) is 11.5 Å². The molecular weight excluding hydrogens is 192 g/mol. The molecule has 0 aliphatic heterocycles. The fourth-order valence-corrected chi connectivity index (χ4v) is 1.32. The molecule has 0 N–H and O–H groups in total. The van der Waals surface area contributed by atoms with Gasteiger partial charge in [-0.2, -0.15) is 0 Å². The van der Waals surface area contributed by atoms with Gasteiger partial charge in [0.15, 0.2) is 0 Å². The Bertz CT molecular complexity index is 285. The maximum Gasteiger partial charge on any atom is 0.128 e. The molecule has 1 aromatic rings. The van der Waals surface area contributed by atoms with Gasteiger partial charge in [0, 0.05) is 0 Å². The van der Waals surface area contributed by atoms with E-state index in [1.165, 1.54) is 0 Å². The van der Waals surface area contributed by atoms with Gasteiger partial charge in [0.2, 0.25) is 0 Å². The average molecular weight is 210 g/mol. The number of rotatable bonds is 5. The molecule has 0 radical (unpaired) electrons. The van der Waals surface area contributed by atoms with Crippen LogP contribution in [-0.2, 0) is 11.3 Å². The van der Waals surface area contributed by atoms with Crippen molar-refractivity contribution >= 4 is 0 Å². The maximum atomic E-state index is 5.55. The lowest BCUT2D eigenvalue weighted by Gasteiger charge is -2.14. The van der Waals surface area contributed by atoms with Crippen molar-refractivity contribution in [2.24, 2.45) is 0 Å². The van der Waals surface area contributed by atoms with E-state index in [-0.39, 0.29) is 6.10 Å². The number of benzene rings is 1. The van der Waals surface area contributed by atoms with Crippen LogP contribution in [0.3, 0.4) is 0 Å². The summed E-state index contributed by atoms with van der Waals surface area (Å²) < 4.78 is 16.1. The van der Waals surface area contributed by atoms with Crippen LogP contribution in [0.4, 0.5) is 0 Å². The number of hydrogen-bond acceptors (Lipinski definition) is 3. The van der Waals surface area contributed by atoms with Crippen LogP contribution in [0.1, 0.15) is 19.4 Å². The molecule has 0 atom stereocenters. The number of methoxy groups -OCH3 is 2. The fourth-order valence-electron chi connectivity index (χ4n) is 1.32. The molecule has 3 heteroatoms. The first-order chi connectivity index (χ1) is 7.19. The van der Waals surface area contributed by atoms with Crippen molar-refractivity contribution in [3.05, 3.63) is 23.8 Å². The number of ether oxygens (including phenoxy) is 3. The van der Waals surface area contributed by atoms with E-state index in [4.69, 9.17) is 14.2 Å². The zero-order chi connectivity index (χ0) is 11.3. The van der Waals surface area contributed by atoms with E-state index in [2.05, 4.69) is 0 Å². The Morgan fingerprint density at radius 1 is 1.07 bits per heavy atom. The van der Waals surface area contributed by atoms with E-state index < -0.39 is 0 Å². The third-order valence-electron chi connectivity index (χ3n) is 2.09. The van der Waals surface area contributed by atoms with Crippen LogP contribution in [0.25, 0.3) is 0 Å². The van der Waals surface area contributed by atoms with Gasteiger partial charge in [-0.25, -0.2) is 0 Å². The van der Waals surface area contributed by atoms with E-state index >= 15 is 0 Å². The predicted molar refractivity (Wildman–Crippen MR) is 59.5 cm³/mol. The molecule has 0 aliphatic rings. The third-order valence-corrected chi connectivity index (χ3v) is 2.09. The van der Waals surface area contributed by atoms with Crippen molar-refractivity contribution in [2.45, 2.75) is 26.6 Å². The molecule has 0 saturated carbocycles. The van der Waals surface area contributed by atoms with E-state index in [0.29, 0.717) is 6.61 Å². The van der Waals surface area contributed by atoms with Crippen LogP contribution in [0.15, 0.2) is 18.2 Å². The second-order valence-electron chi connectivity index (χ2n) is 3.50. The minimum Gasteiger partial charge on any atom is -0.496 e. The predicted octanol–water partition coefficient (Wildman–Crippen LogP) is 2.63. The molecule has 0 amide bonds. The first-order valence-electron chi connectivity index (χ1n) is 5.00. The zero-order valence-electron chi connectivity index (χ0n) is 9.74. The molecule has 1 rings (SSSR count). The Morgan fingerprint density at radius 3 is 2.00 bits per heavy atom. The second kappa shape index (κ2) is 5.61. The van der Waals surface area contributed by atoms with Crippen LogP contribution in [-0.4, -0.2) is 20.3 Å². The van der Waals surface area contributed by atoms with Crippen LogP contribution in [0, 0.1) is 0 Å².